The molecular weight excluding hydrogens is 210 g/mol. The van der Waals surface area contributed by atoms with Crippen LogP contribution in [0.25, 0.3) is 0 Å². The predicted molar refractivity (Wildman–Crippen MR) is 71.1 cm³/mol. The van der Waals surface area contributed by atoms with E-state index in [-0.39, 0.29) is 0 Å². The van der Waals surface area contributed by atoms with Crippen molar-refractivity contribution in [2.75, 3.05) is 5.32 Å². The molecule has 17 heavy (non-hydrogen) atoms. The van der Waals surface area contributed by atoms with Crippen molar-refractivity contribution < 1.29 is 0 Å². The van der Waals surface area contributed by atoms with Crippen molar-refractivity contribution in [2.45, 2.75) is 32.9 Å². The molecule has 0 spiro atoms. The topological polar surface area (TPSA) is 29.9 Å². The van der Waals surface area contributed by atoms with E-state index in [9.17, 15) is 0 Å². The molecule has 0 amide bonds. The smallest absolute Gasteiger partial charge is 0.0728 e. The molecule has 90 valence electrons. The fourth-order valence-corrected chi connectivity index (χ4v) is 1.68. The third-order valence-corrected chi connectivity index (χ3v) is 2.85. The lowest BCUT2D eigenvalue weighted by molar-refractivity contribution is 0.686. The van der Waals surface area contributed by atoms with E-state index in [2.05, 4.69) is 54.7 Å². The first-order valence-corrected chi connectivity index (χ1v) is 6.11. The van der Waals surface area contributed by atoms with Gasteiger partial charge in [-0.2, -0.15) is 5.10 Å². The van der Waals surface area contributed by atoms with E-state index in [1.807, 2.05) is 16.9 Å². The van der Waals surface area contributed by atoms with Crippen molar-refractivity contribution >= 4 is 5.69 Å². The summed E-state index contributed by atoms with van der Waals surface area (Å²) in [5, 5.41) is 7.77. The van der Waals surface area contributed by atoms with Crippen LogP contribution in [0.1, 0.15) is 25.8 Å². The summed E-state index contributed by atoms with van der Waals surface area (Å²) in [5.74, 6) is 0. The van der Waals surface area contributed by atoms with Crippen molar-refractivity contribution in [2.24, 2.45) is 0 Å². The van der Waals surface area contributed by atoms with Crippen LogP contribution >= 0.6 is 0 Å². The van der Waals surface area contributed by atoms with Gasteiger partial charge in [0, 0.05) is 12.2 Å². The Labute approximate surface area is 102 Å². The lowest BCUT2D eigenvalue weighted by atomic mass is 10.2. The Bertz CT molecular complexity index is 448. The largest absolute Gasteiger partial charge is 0.380 e. The first-order valence-electron chi connectivity index (χ1n) is 6.11. The molecular formula is C14H19N3. The molecule has 0 saturated carbocycles. The van der Waals surface area contributed by atoms with E-state index in [0.717, 1.165) is 18.7 Å². The highest BCUT2D eigenvalue weighted by Crippen LogP contribution is 2.10. The predicted octanol–water partition coefficient (Wildman–Crippen LogP) is 3.14. The minimum Gasteiger partial charge on any atom is -0.380 e. The number of nitrogens with one attached hydrogen (secondary N) is 1. The molecule has 0 aliphatic rings. The number of hydrogen-bond acceptors (Lipinski definition) is 2. The summed E-state index contributed by atoms with van der Waals surface area (Å²) in [7, 11) is 0. The minimum absolute atomic E-state index is 0.490. The monoisotopic (exact) mass is 229 g/mol. The van der Waals surface area contributed by atoms with Gasteiger partial charge in [-0.25, -0.2) is 0 Å². The first-order chi connectivity index (χ1) is 8.28. The molecule has 1 aromatic heterocycles. The second-order valence-corrected chi connectivity index (χ2v) is 4.37. The van der Waals surface area contributed by atoms with Crippen molar-refractivity contribution in [3.05, 3.63) is 48.3 Å². The minimum atomic E-state index is 0.490. The number of hydrogen-bond donors (Lipinski definition) is 1. The van der Waals surface area contributed by atoms with Crippen molar-refractivity contribution in [1.29, 1.82) is 0 Å². The summed E-state index contributed by atoms with van der Waals surface area (Å²) in [6.45, 7) is 5.17. The summed E-state index contributed by atoms with van der Waals surface area (Å²) in [6, 6.07) is 10.9. The Morgan fingerprint density at radius 3 is 2.76 bits per heavy atom. The van der Waals surface area contributed by atoms with Crippen LogP contribution in [0.4, 0.5) is 5.69 Å². The van der Waals surface area contributed by atoms with Crippen LogP contribution in [0.15, 0.2) is 42.7 Å². The maximum atomic E-state index is 4.35. The lowest BCUT2D eigenvalue weighted by Gasteiger charge is -2.09. The molecule has 3 nitrogen and oxygen atoms in total. The number of rotatable bonds is 5. The van der Waals surface area contributed by atoms with Gasteiger partial charge in [-0.3, -0.25) is 4.68 Å². The molecule has 1 unspecified atom stereocenters. The van der Waals surface area contributed by atoms with E-state index >= 15 is 0 Å². The van der Waals surface area contributed by atoms with Crippen LogP contribution < -0.4 is 5.32 Å². The SMILES string of the molecule is CCC(C)Nc1cnn(Cc2ccccc2)c1. The molecule has 0 radical (unpaired) electrons. The fourth-order valence-electron chi connectivity index (χ4n) is 1.68. The standard InChI is InChI=1S/C14H19N3/c1-3-12(2)16-14-9-15-17(11-14)10-13-7-5-4-6-8-13/h4-9,11-12,16H,3,10H2,1-2H3. The van der Waals surface area contributed by atoms with Gasteiger partial charge < -0.3 is 5.32 Å². The Morgan fingerprint density at radius 2 is 2.06 bits per heavy atom. The van der Waals surface area contributed by atoms with Gasteiger partial charge in [0.1, 0.15) is 0 Å². The third-order valence-electron chi connectivity index (χ3n) is 2.85. The van der Waals surface area contributed by atoms with Gasteiger partial charge >= 0.3 is 0 Å². The quantitative estimate of drug-likeness (QED) is 0.853. The summed E-state index contributed by atoms with van der Waals surface area (Å²) >= 11 is 0. The Morgan fingerprint density at radius 1 is 1.29 bits per heavy atom. The van der Waals surface area contributed by atoms with E-state index in [0.29, 0.717) is 6.04 Å². The molecule has 0 aliphatic heterocycles. The molecule has 1 aromatic carbocycles. The van der Waals surface area contributed by atoms with Crippen molar-refractivity contribution in [3.8, 4) is 0 Å². The molecule has 0 saturated heterocycles. The summed E-state index contributed by atoms with van der Waals surface area (Å²) in [6.07, 6.45) is 5.05. The zero-order valence-corrected chi connectivity index (χ0v) is 10.4. The van der Waals surface area contributed by atoms with Crippen LogP contribution in [0.3, 0.4) is 0 Å². The number of benzene rings is 1. The van der Waals surface area contributed by atoms with Crippen LogP contribution in [-0.2, 0) is 6.54 Å². The molecule has 0 bridgehead atoms. The highest BCUT2D eigenvalue weighted by atomic mass is 15.3. The Kier molecular flexibility index (Phi) is 3.81. The maximum absolute atomic E-state index is 4.35. The summed E-state index contributed by atoms with van der Waals surface area (Å²) < 4.78 is 1.96. The van der Waals surface area contributed by atoms with Crippen LogP contribution in [0.2, 0.25) is 0 Å². The molecule has 3 heteroatoms. The second kappa shape index (κ2) is 5.53. The van der Waals surface area contributed by atoms with E-state index in [1.54, 1.807) is 0 Å². The average Bonchev–Trinajstić information content (AvgIpc) is 2.77. The van der Waals surface area contributed by atoms with Crippen LogP contribution in [0.5, 0.6) is 0 Å². The number of nitrogens with zero attached hydrogens (tertiary/aromatic N) is 2. The van der Waals surface area contributed by atoms with E-state index < -0.39 is 0 Å². The van der Waals surface area contributed by atoms with Gasteiger partial charge in [0.15, 0.2) is 0 Å². The lowest BCUT2D eigenvalue weighted by Crippen LogP contribution is -2.12. The molecule has 0 fully saturated rings. The zero-order chi connectivity index (χ0) is 12.1. The average molecular weight is 229 g/mol. The highest BCUT2D eigenvalue weighted by molar-refractivity contribution is 5.39. The van der Waals surface area contributed by atoms with E-state index in [1.165, 1.54) is 5.56 Å². The normalized spacial score (nSPS) is 12.4. The molecule has 2 rings (SSSR count). The molecule has 1 atom stereocenters. The van der Waals surface area contributed by atoms with Gasteiger partial charge in [0.25, 0.3) is 0 Å². The number of aromatic nitrogens is 2. The Hall–Kier alpha value is -1.77. The van der Waals surface area contributed by atoms with Crippen LogP contribution in [0, 0.1) is 0 Å². The Balaban J connectivity index is 1.99. The van der Waals surface area contributed by atoms with Crippen molar-refractivity contribution in [3.63, 3.8) is 0 Å². The number of anilines is 1. The van der Waals surface area contributed by atoms with E-state index in [4.69, 9.17) is 0 Å². The second-order valence-electron chi connectivity index (χ2n) is 4.37. The van der Waals surface area contributed by atoms with Gasteiger partial charge in [0.2, 0.25) is 0 Å². The molecule has 1 heterocycles. The summed E-state index contributed by atoms with van der Waals surface area (Å²) in [5.41, 5.74) is 2.36. The fraction of sp³-hybridized carbons (Fsp3) is 0.357. The van der Waals surface area contributed by atoms with Gasteiger partial charge in [-0.05, 0) is 18.9 Å². The van der Waals surface area contributed by atoms with Gasteiger partial charge in [0.05, 0.1) is 18.4 Å². The highest BCUT2D eigenvalue weighted by Gasteiger charge is 2.02. The first kappa shape index (κ1) is 11.7. The van der Waals surface area contributed by atoms with Gasteiger partial charge in [-0.15, -0.1) is 0 Å². The zero-order valence-electron chi connectivity index (χ0n) is 10.4. The molecule has 1 N–H and O–H groups in total. The van der Waals surface area contributed by atoms with Crippen LogP contribution in [-0.4, -0.2) is 15.8 Å². The molecule has 0 aliphatic carbocycles. The van der Waals surface area contributed by atoms with Crippen molar-refractivity contribution in [1.82, 2.24) is 9.78 Å². The summed E-state index contributed by atoms with van der Waals surface area (Å²) in [4.78, 5) is 0. The molecule has 2 aromatic rings. The third kappa shape index (κ3) is 3.34. The van der Waals surface area contributed by atoms with Gasteiger partial charge in [-0.1, -0.05) is 37.3 Å². The maximum Gasteiger partial charge on any atom is 0.0728 e.